The Morgan fingerprint density at radius 3 is 2.21 bits per heavy atom. The van der Waals surface area contributed by atoms with Crippen molar-refractivity contribution < 1.29 is 24.0 Å². The Kier molecular flexibility index (Phi) is 14.1. The highest BCUT2D eigenvalue weighted by Gasteiger charge is 2.54. The zero-order chi connectivity index (χ0) is 33.8. The molecule has 2 aliphatic carbocycles. The van der Waals surface area contributed by atoms with E-state index >= 15 is 0 Å². The number of carbonyl (C=O) groups is 5. The van der Waals surface area contributed by atoms with Crippen LogP contribution in [0.2, 0.25) is 0 Å². The molecule has 0 radical (unpaired) electrons. The zero-order valence-electron chi connectivity index (χ0n) is 28.1. The second-order valence-corrected chi connectivity index (χ2v) is 14.3. The van der Waals surface area contributed by atoms with E-state index in [1.165, 1.54) is 6.42 Å². The number of benzene rings is 1. The van der Waals surface area contributed by atoms with E-state index in [1.807, 2.05) is 30.3 Å². The Balaban J connectivity index is 1.56. The molecule has 2 saturated carbocycles. The summed E-state index contributed by atoms with van der Waals surface area (Å²) in [4.78, 5) is 70.5. The van der Waals surface area contributed by atoms with Crippen LogP contribution < -0.4 is 22.5 Å². The van der Waals surface area contributed by atoms with Gasteiger partial charge in [0.05, 0.1) is 24.4 Å². The van der Waals surface area contributed by atoms with Crippen LogP contribution in [0.4, 0.5) is 0 Å². The van der Waals surface area contributed by atoms with Crippen molar-refractivity contribution in [3.8, 4) is 0 Å². The topological polar surface area (TPSA) is 179 Å². The Labute approximate surface area is 280 Å². The number of likely N-dealkylation sites (tertiary alicyclic amines) is 1. The first-order valence-electron chi connectivity index (χ1n) is 18.1. The van der Waals surface area contributed by atoms with Gasteiger partial charge in [-0.2, -0.15) is 0 Å². The van der Waals surface area contributed by atoms with Gasteiger partial charge in [0.2, 0.25) is 11.8 Å². The molecule has 1 aliphatic heterocycles. The van der Waals surface area contributed by atoms with E-state index in [0.29, 0.717) is 76.7 Å². The second-order valence-electron chi connectivity index (χ2n) is 14.3. The molecule has 4 rings (SSSR count). The van der Waals surface area contributed by atoms with E-state index in [9.17, 15) is 24.0 Å². The Morgan fingerprint density at radius 2 is 1.57 bits per heavy atom. The van der Waals surface area contributed by atoms with Crippen LogP contribution in [0.1, 0.15) is 108 Å². The fourth-order valence-corrected chi connectivity index (χ4v) is 8.33. The summed E-state index contributed by atoms with van der Waals surface area (Å²) >= 11 is 0. The first-order chi connectivity index (χ1) is 22.7. The molecule has 260 valence electrons. The Hall–Kier alpha value is -2.95. The van der Waals surface area contributed by atoms with Crippen molar-refractivity contribution in [2.75, 3.05) is 13.1 Å². The predicted molar refractivity (Wildman–Crippen MR) is 182 cm³/mol. The highest BCUT2D eigenvalue weighted by molar-refractivity contribution is 6.11. The largest absolute Gasteiger partial charge is 0.344 e. The molecule has 2 amide bonds. The van der Waals surface area contributed by atoms with Crippen LogP contribution in [0, 0.1) is 17.8 Å². The molecular weight excluding hydrogens is 594 g/mol. The minimum absolute atomic E-state index is 0.131. The first-order valence-corrected chi connectivity index (χ1v) is 18.1. The van der Waals surface area contributed by atoms with Gasteiger partial charge in [0.25, 0.3) is 0 Å². The lowest BCUT2D eigenvalue weighted by Crippen LogP contribution is -2.66. The van der Waals surface area contributed by atoms with Crippen molar-refractivity contribution in [1.82, 2.24) is 10.2 Å². The number of hydrogen-bond acceptors (Lipinski definition) is 8. The summed E-state index contributed by atoms with van der Waals surface area (Å²) in [5.41, 5.74) is 17.8. The van der Waals surface area contributed by atoms with E-state index in [2.05, 4.69) is 5.32 Å². The number of carbonyl (C=O) groups excluding carboxylic acids is 5. The lowest BCUT2D eigenvalue weighted by Gasteiger charge is -2.41. The molecule has 3 fully saturated rings. The molecule has 1 heterocycles. The summed E-state index contributed by atoms with van der Waals surface area (Å²) in [5.74, 6) is -2.50. The Morgan fingerprint density at radius 1 is 0.915 bits per heavy atom. The lowest BCUT2D eigenvalue weighted by molar-refractivity contribution is -0.147. The van der Waals surface area contributed by atoms with Crippen molar-refractivity contribution in [3.05, 3.63) is 35.9 Å². The van der Waals surface area contributed by atoms with Gasteiger partial charge in [-0.3, -0.25) is 19.2 Å². The van der Waals surface area contributed by atoms with E-state index in [0.717, 1.165) is 50.5 Å². The number of nitrogens with one attached hydrogen (secondary N) is 1. The standard InChI is InChI=1S/C37H57N5O5/c38-21-11-10-19-30(41-32(44)24-27-15-6-2-7-16-27)36(47)42-22-12-20-31(42)34(45)33(28-17-8-3-9-18-28)37(40,25-43)35(46)29(39)23-26-13-4-1-5-14-26/h2,6-7,15-16,25-26,28-31,33H,1,3-5,8-14,17-24,38-40H2,(H,41,44)/t29-,30+,31+,33?,37-/m1/s1. The van der Waals surface area contributed by atoms with Crippen LogP contribution >= 0.6 is 0 Å². The van der Waals surface area contributed by atoms with Crippen molar-refractivity contribution in [3.63, 3.8) is 0 Å². The molecule has 1 saturated heterocycles. The number of nitrogens with zero attached hydrogens (tertiary/aromatic N) is 1. The maximum absolute atomic E-state index is 14.7. The number of rotatable bonds is 17. The van der Waals surface area contributed by atoms with Gasteiger partial charge in [-0.1, -0.05) is 81.7 Å². The molecule has 0 aromatic heterocycles. The third-order valence-electron chi connectivity index (χ3n) is 10.9. The zero-order valence-corrected chi connectivity index (χ0v) is 28.1. The molecule has 47 heavy (non-hydrogen) atoms. The average Bonchev–Trinajstić information content (AvgIpc) is 3.59. The third kappa shape index (κ3) is 9.57. The van der Waals surface area contributed by atoms with Crippen LogP contribution in [-0.4, -0.2) is 71.3 Å². The van der Waals surface area contributed by atoms with Crippen molar-refractivity contribution in [1.29, 1.82) is 0 Å². The number of nitrogens with two attached hydrogens (primary N) is 3. The highest BCUT2D eigenvalue weighted by atomic mass is 16.2. The van der Waals surface area contributed by atoms with Crippen molar-refractivity contribution >= 4 is 29.7 Å². The summed E-state index contributed by atoms with van der Waals surface area (Å²) in [6, 6.07) is 6.74. The van der Waals surface area contributed by atoms with Gasteiger partial charge >= 0.3 is 0 Å². The fraction of sp³-hybridized carbons (Fsp3) is 0.703. The monoisotopic (exact) mass is 651 g/mol. The fourth-order valence-electron chi connectivity index (χ4n) is 8.33. The van der Waals surface area contributed by atoms with E-state index in [4.69, 9.17) is 17.2 Å². The SMILES string of the molecule is NCCCC[C@H](NC(=O)Cc1ccccc1)C(=O)N1CCC[C@H]1C(=O)C(C1CCCCC1)[C@](N)(C=O)C(=O)[C@H](N)CC1CCCCC1. The second kappa shape index (κ2) is 18.0. The summed E-state index contributed by atoms with van der Waals surface area (Å²) in [6.07, 6.45) is 13.3. The summed E-state index contributed by atoms with van der Waals surface area (Å²) in [6.45, 7) is 0.816. The molecule has 0 spiro atoms. The predicted octanol–water partition coefficient (Wildman–Crippen LogP) is 3.36. The summed E-state index contributed by atoms with van der Waals surface area (Å²) in [5, 5.41) is 2.93. The molecule has 5 atom stereocenters. The van der Waals surface area contributed by atoms with Gasteiger partial charge in [0, 0.05) is 6.54 Å². The average molecular weight is 652 g/mol. The molecule has 10 nitrogen and oxygen atoms in total. The quantitative estimate of drug-likeness (QED) is 0.112. The molecule has 7 N–H and O–H groups in total. The maximum atomic E-state index is 14.7. The van der Waals surface area contributed by atoms with Gasteiger partial charge in [-0.15, -0.1) is 0 Å². The third-order valence-corrected chi connectivity index (χ3v) is 10.9. The van der Waals surface area contributed by atoms with E-state index < -0.39 is 35.4 Å². The Bertz CT molecular complexity index is 1200. The van der Waals surface area contributed by atoms with E-state index in [1.54, 1.807) is 4.90 Å². The van der Waals surface area contributed by atoms with E-state index in [-0.39, 0.29) is 29.9 Å². The van der Waals surface area contributed by atoms with Crippen molar-refractivity contribution in [2.24, 2.45) is 35.0 Å². The molecule has 1 unspecified atom stereocenters. The smallest absolute Gasteiger partial charge is 0.245 e. The molecule has 3 aliphatic rings. The normalized spacial score (nSPS) is 22.5. The number of Topliss-reactive ketones (excluding diaryl/α,β-unsaturated/α-hetero) is 2. The van der Waals surface area contributed by atoms with Gasteiger partial charge in [0.1, 0.15) is 17.9 Å². The molecule has 10 heteroatoms. The highest BCUT2D eigenvalue weighted by Crippen LogP contribution is 2.39. The molecule has 0 bridgehead atoms. The van der Waals surface area contributed by atoms with Crippen molar-refractivity contribution in [2.45, 2.75) is 133 Å². The van der Waals surface area contributed by atoms with Gasteiger partial charge < -0.3 is 32.2 Å². The summed E-state index contributed by atoms with van der Waals surface area (Å²) < 4.78 is 0. The number of ketones is 2. The number of aldehydes is 1. The van der Waals surface area contributed by atoms with Crippen LogP contribution in [0.15, 0.2) is 30.3 Å². The van der Waals surface area contributed by atoms with Crippen LogP contribution in [0.3, 0.4) is 0 Å². The minimum atomic E-state index is -2.06. The number of amides is 2. The van der Waals surface area contributed by atoms with Crippen LogP contribution in [0.5, 0.6) is 0 Å². The van der Waals surface area contributed by atoms with Crippen LogP contribution in [-0.2, 0) is 30.4 Å². The molecule has 1 aromatic rings. The number of hydrogen-bond donors (Lipinski definition) is 4. The van der Waals surface area contributed by atoms with Gasteiger partial charge in [-0.05, 0) is 75.3 Å². The minimum Gasteiger partial charge on any atom is -0.344 e. The molecule has 1 aromatic carbocycles. The maximum Gasteiger partial charge on any atom is 0.245 e. The van der Waals surface area contributed by atoms with Gasteiger partial charge in [0.15, 0.2) is 11.6 Å². The lowest BCUT2D eigenvalue weighted by atomic mass is 9.65. The number of unbranched alkanes of at least 4 members (excludes halogenated alkanes) is 1. The van der Waals surface area contributed by atoms with Crippen LogP contribution in [0.25, 0.3) is 0 Å². The van der Waals surface area contributed by atoms with Gasteiger partial charge in [-0.25, -0.2) is 0 Å². The molecular formula is C37H57N5O5. The first kappa shape index (κ1) is 36.9. The summed E-state index contributed by atoms with van der Waals surface area (Å²) in [7, 11) is 0.